The number of hydrogen-bond acceptors (Lipinski definition) is 0. The van der Waals surface area contributed by atoms with Crippen LogP contribution in [0, 0.1) is 0 Å². The topological polar surface area (TPSA) is 14.1 Å². The summed E-state index contributed by atoms with van der Waals surface area (Å²) in [4.78, 5) is 0. The Morgan fingerprint density at radius 1 is 0.857 bits per heavy atom. The van der Waals surface area contributed by atoms with Crippen molar-refractivity contribution in [2.45, 2.75) is 58.0 Å². The van der Waals surface area contributed by atoms with E-state index < -0.39 is 0 Å². The molecule has 0 aromatic rings. The van der Waals surface area contributed by atoms with Crippen molar-refractivity contribution in [2.24, 2.45) is 0 Å². The van der Waals surface area contributed by atoms with Crippen molar-refractivity contribution in [3.8, 4) is 0 Å². The number of nitrogens with zero attached hydrogens (tertiary/aromatic N) is 1. The quantitative estimate of drug-likeness (QED) is 0.474. The molecule has 1 fully saturated rings. The van der Waals surface area contributed by atoms with Crippen LogP contribution in [0.1, 0.15) is 47.0 Å². The predicted octanol–water partition coefficient (Wildman–Crippen LogP) is 3.95. The first-order valence-electron chi connectivity index (χ1n) is 4.53. The van der Waals surface area contributed by atoms with Gasteiger partial charge in [0, 0.05) is 45.3 Å². The SMILES string of the molecule is CC1(C)CCCC(C)(C)[N-]1.CCl.[Zn].[Zn]. The minimum Gasteiger partial charge on any atom is -0.652 e. The van der Waals surface area contributed by atoms with Crippen molar-refractivity contribution in [3.63, 3.8) is 0 Å². The van der Waals surface area contributed by atoms with E-state index in [0.717, 1.165) is 0 Å². The van der Waals surface area contributed by atoms with Crippen LogP contribution in [0.15, 0.2) is 0 Å². The fourth-order valence-electron chi connectivity index (χ4n) is 1.88. The zero-order valence-electron chi connectivity index (χ0n) is 10.4. The summed E-state index contributed by atoms with van der Waals surface area (Å²) < 4.78 is 0. The molecule has 1 rings (SSSR count). The van der Waals surface area contributed by atoms with E-state index in [1.165, 1.54) is 25.6 Å². The van der Waals surface area contributed by atoms with E-state index in [-0.39, 0.29) is 50.0 Å². The van der Waals surface area contributed by atoms with Crippen LogP contribution in [0.2, 0.25) is 0 Å². The molecule has 0 unspecified atom stereocenters. The molecule has 0 radical (unpaired) electrons. The Kier molecular flexibility index (Phi) is 12.8. The molecule has 0 aromatic carbocycles. The molecular weight excluding hydrogens is 300 g/mol. The number of halogens is 1. The van der Waals surface area contributed by atoms with Gasteiger partial charge < -0.3 is 5.32 Å². The van der Waals surface area contributed by atoms with Gasteiger partial charge in [0.2, 0.25) is 0 Å². The molecule has 1 aliphatic rings. The van der Waals surface area contributed by atoms with Gasteiger partial charge in [-0.05, 0) is 0 Å². The van der Waals surface area contributed by atoms with Crippen LogP contribution in [-0.2, 0) is 39.0 Å². The Labute approximate surface area is 120 Å². The average molecular weight is 322 g/mol. The van der Waals surface area contributed by atoms with Crippen LogP contribution in [0.4, 0.5) is 0 Å². The van der Waals surface area contributed by atoms with Gasteiger partial charge >= 0.3 is 0 Å². The van der Waals surface area contributed by atoms with Gasteiger partial charge in [-0.15, -0.1) is 22.7 Å². The summed E-state index contributed by atoms with van der Waals surface area (Å²) in [5.41, 5.74) is 0.476. The van der Waals surface area contributed by atoms with Crippen LogP contribution < -0.4 is 0 Å². The summed E-state index contributed by atoms with van der Waals surface area (Å²) in [6.45, 7) is 8.92. The average Bonchev–Trinajstić information content (AvgIpc) is 1.86. The largest absolute Gasteiger partial charge is 0.652 e. The van der Waals surface area contributed by atoms with Gasteiger partial charge in [0.15, 0.2) is 0 Å². The minimum absolute atomic E-state index is 0. The van der Waals surface area contributed by atoms with Crippen LogP contribution in [0.5, 0.6) is 0 Å². The van der Waals surface area contributed by atoms with E-state index in [1.54, 1.807) is 0 Å². The molecule has 0 atom stereocenters. The Morgan fingerprint density at radius 3 is 1.29 bits per heavy atom. The van der Waals surface area contributed by atoms with Crippen molar-refractivity contribution in [1.82, 2.24) is 0 Å². The van der Waals surface area contributed by atoms with E-state index in [0.29, 0.717) is 0 Å². The first-order chi connectivity index (χ1) is 5.41. The smallest absolute Gasteiger partial charge is 0.0108 e. The first-order valence-corrected chi connectivity index (χ1v) is 5.29. The molecule has 1 heterocycles. The van der Waals surface area contributed by atoms with E-state index in [9.17, 15) is 0 Å². The molecule has 1 saturated heterocycles. The Hall–Kier alpha value is 1.50. The van der Waals surface area contributed by atoms with E-state index in [2.05, 4.69) is 39.3 Å². The fraction of sp³-hybridized carbons (Fsp3) is 1.00. The van der Waals surface area contributed by atoms with Gasteiger partial charge in [-0.2, -0.15) is 0 Å². The zero-order chi connectivity index (χ0) is 9.83. The molecule has 14 heavy (non-hydrogen) atoms. The Bertz CT molecular complexity index is 124. The van der Waals surface area contributed by atoms with E-state index in [1.807, 2.05) is 0 Å². The van der Waals surface area contributed by atoms with Crippen molar-refractivity contribution < 1.29 is 39.0 Å². The van der Waals surface area contributed by atoms with E-state index in [4.69, 9.17) is 5.32 Å². The number of rotatable bonds is 0. The van der Waals surface area contributed by atoms with Gasteiger partial charge in [-0.1, -0.05) is 47.0 Å². The monoisotopic (exact) mass is 318 g/mol. The number of piperidine rings is 1. The summed E-state index contributed by atoms with van der Waals surface area (Å²) in [6.07, 6.45) is 5.33. The van der Waals surface area contributed by atoms with E-state index >= 15 is 0 Å². The first kappa shape index (κ1) is 20.9. The molecule has 4 heteroatoms. The Balaban J connectivity index is -0.000000284. The molecular formula is C10H21ClNZn2-. The molecule has 0 bridgehead atoms. The summed E-state index contributed by atoms with van der Waals surface area (Å²) in [5, 5.41) is 4.75. The van der Waals surface area contributed by atoms with Crippen LogP contribution in [0.3, 0.4) is 0 Å². The van der Waals surface area contributed by atoms with Crippen LogP contribution >= 0.6 is 11.6 Å². The van der Waals surface area contributed by atoms with Crippen LogP contribution in [-0.4, -0.2) is 17.5 Å². The van der Waals surface area contributed by atoms with Crippen molar-refractivity contribution >= 4 is 11.6 Å². The summed E-state index contributed by atoms with van der Waals surface area (Å²) in [6, 6.07) is 0. The second-order valence-electron chi connectivity index (χ2n) is 4.59. The van der Waals surface area contributed by atoms with Gasteiger partial charge in [0.1, 0.15) is 0 Å². The molecule has 0 spiro atoms. The van der Waals surface area contributed by atoms with Gasteiger partial charge in [0.05, 0.1) is 0 Å². The standard InChI is InChI=1S/C9H18N.CH3Cl.2Zn/c1-8(2)6-5-7-9(3,4)10-8;1-2;;/h5-7H2,1-4H3;1H3;;/q-1;;;. The third-order valence-electron chi connectivity index (χ3n) is 2.18. The summed E-state index contributed by atoms with van der Waals surface area (Å²) >= 11 is 4.64. The molecule has 1 nitrogen and oxygen atoms in total. The van der Waals surface area contributed by atoms with Gasteiger partial charge in [-0.25, -0.2) is 0 Å². The molecule has 0 amide bonds. The van der Waals surface area contributed by atoms with Crippen molar-refractivity contribution in [2.75, 3.05) is 6.38 Å². The summed E-state index contributed by atoms with van der Waals surface area (Å²) in [5.74, 6) is 0. The molecule has 0 N–H and O–H groups in total. The van der Waals surface area contributed by atoms with Gasteiger partial charge in [-0.3, -0.25) is 0 Å². The third kappa shape index (κ3) is 8.78. The second kappa shape index (κ2) is 8.63. The summed E-state index contributed by atoms with van der Waals surface area (Å²) in [7, 11) is 0. The maximum absolute atomic E-state index is 4.75. The molecule has 0 aliphatic carbocycles. The number of alkyl halides is 1. The fourth-order valence-corrected chi connectivity index (χ4v) is 1.88. The third-order valence-corrected chi connectivity index (χ3v) is 2.18. The second-order valence-corrected chi connectivity index (χ2v) is 4.59. The minimum atomic E-state index is 0. The predicted molar refractivity (Wildman–Crippen MR) is 57.1 cm³/mol. The maximum Gasteiger partial charge on any atom is 0.0108 e. The van der Waals surface area contributed by atoms with Crippen molar-refractivity contribution in [1.29, 1.82) is 0 Å². The number of hydrogen-bond donors (Lipinski definition) is 0. The Morgan fingerprint density at radius 2 is 1.14 bits per heavy atom. The zero-order valence-corrected chi connectivity index (χ0v) is 17.1. The van der Waals surface area contributed by atoms with Crippen molar-refractivity contribution in [3.05, 3.63) is 5.32 Å². The normalized spacial score (nSPS) is 21.9. The van der Waals surface area contributed by atoms with Gasteiger partial charge in [0.25, 0.3) is 0 Å². The molecule has 0 saturated carbocycles. The maximum atomic E-state index is 4.75. The molecule has 0 aromatic heterocycles. The van der Waals surface area contributed by atoms with Crippen LogP contribution in [0.25, 0.3) is 5.32 Å². The molecule has 78 valence electrons. The molecule has 1 aliphatic heterocycles.